The Hall–Kier alpha value is -2.24. The average molecular weight is 498 g/mol. The minimum absolute atomic E-state index is 0.0125. The van der Waals surface area contributed by atoms with Crippen molar-refractivity contribution in [2.45, 2.75) is 16.0 Å². The van der Waals surface area contributed by atoms with Crippen molar-refractivity contribution in [2.75, 3.05) is 44.7 Å². The molecule has 1 heterocycles. The van der Waals surface area contributed by atoms with Gasteiger partial charge in [0.25, 0.3) is 10.2 Å². The summed E-state index contributed by atoms with van der Waals surface area (Å²) >= 11 is 8.58. The highest BCUT2D eigenvalue weighted by atomic mass is 35.5. The molecule has 172 valence electrons. The summed E-state index contributed by atoms with van der Waals surface area (Å²) in [6, 6.07) is 3.60. The van der Waals surface area contributed by atoms with Crippen LogP contribution in [0.15, 0.2) is 21.9 Å². The zero-order chi connectivity index (χ0) is 22.8. The number of fused-ring (bicyclic) bond motifs is 1. The van der Waals surface area contributed by atoms with Crippen molar-refractivity contribution in [3.63, 3.8) is 0 Å². The first-order valence-corrected chi connectivity index (χ1v) is 10.8. The van der Waals surface area contributed by atoms with Crippen LogP contribution in [-0.4, -0.2) is 66.5 Å². The summed E-state index contributed by atoms with van der Waals surface area (Å²) in [5, 5.41) is 30.6. The second-order valence-electron chi connectivity index (χ2n) is 6.01. The zero-order valence-electron chi connectivity index (χ0n) is 15.9. The fourth-order valence-corrected chi connectivity index (χ4v) is 4.05. The van der Waals surface area contributed by atoms with E-state index in [0.29, 0.717) is 5.02 Å². The van der Waals surface area contributed by atoms with Gasteiger partial charge in [-0.3, -0.25) is 14.8 Å². The molecule has 31 heavy (non-hydrogen) atoms. The van der Waals surface area contributed by atoms with Crippen LogP contribution in [-0.2, 0) is 14.5 Å². The normalized spacial score (nSPS) is 15.0. The van der Waals surface area contributed by atoms with E-state index in [-0.39, 0.29) is 51.5 Å². The minimum atomic E-state index is -0.955. The van der Waals surface area contributed by atoms with Gasteiger partial charge in [0.15, 0.2) is 0 Å². The average Bonchev–Trinajstić information content (AvgIpc) is 2.70. The minimum Gasteiger partial charge on any atom is -0.367 e. The van der Waals surface area contributed by atoms with Crippen molar-refractivity contribution in [1.82, 2.24) is 14.9 Å². The molecule has 0 fully saturated rings. The maximum absolute atomic E-state index is 12.3. The van der Waals surface area contributed by atoms with Crippen LogP contribution in [0.5, 0.6) is 0 Å². The van der Waals surface area contributed by atoms with Gasteiger partial charge in [0.2, 0.25) is 5.91 Å². The van der Waals surface area contributed by atoms with Crippen LogP contribution in [0.4, 0.5) is 5.69 Å². The van der Waals surface area contributed by atoms with E-state index < -0.39 is 10.2 Å². The Bertz CT molecular complexity index is 787. The fourth-order valence-electron chi connectivity index (χ4n) is 2.50. The van der Waals surface area contributed by atoms with Crippen LogP contribution in [0, 0.1) is 20.2 Å². The van der Waals surface area contributed by atoms with E-state index in [1.165, 1.54) is 16.8 Å². The highest BCUT2D eigenvalue weighted by Crippen LogP contribution is 2.37. The van der Waals surface area contributed by atoms with Crippen molar-refractivity contribution in [3.05, 3.63) is 37.4 Å². The van der Waals surface area contributed by atoms with E-state index >= 15 is 0 Å². The Morgan fingerprint density at radius 1 is 1.29 bits per heavy atom. The van der Waals surface area contributed by atoms with Gasteiger partial charge in [-0.2, -0.15) is 0 Å². The predicted molar refractivity (Wildman–Crippen MR) is 113 cm³/mol. The Balaban J connectivity index is 1.82. The lowest BCUT2D eigenvalue weighted by Gasteiger charge is -2.28. The Morgan fingerprint density at radius 2 is 1.94 bits per heavy atom. The fraction of sp³-hybridized carbons (Fsp3) is 0.500. The molecule has 17 heteroatoms. The number of hydrogen-bond acceptors (Lipinski definition) is 13. The van der Waals surface area contributed by atoms with E-state index in [2.05, 4.69) is 25.0 Å². The van der Waals surface area contributed by atoms with Gasteiger partial charge in [-0.15, -0.1) is 20.2 Å². The molecule has 1 aromatic carbocycles. The number of hydrogen-bond donors (Lipinski definition) is 4. The molecule has 0 bridgehead atoms. The van der Waals surface area contributed by atoms with Gasteiger partial charge < -0.3 is 20.3 Å². The van der Waals surface area contributed by atoms with Gasteiger partial charge in [0.05, 0.1) is 23.8 Å². The van der Waals surface area contributed by atoms with E-state index in [4.69, 9.17) is 16.7 Å². The van der Waals surface area contributed by atoms with Gasteiger partial charge in [-0.05, 0) is 36.0 Å². The number of nitrogens with one attached hydrogen (secondary N) is 3. The lowest BCUT2D eigenvalue weighted by Crippen LogP contribution is -2.48. The second-order valence-corrected chi connectivity index (χ2v) is 7.97. The first kappa shape index (κ1) is 25.0. The summed E-state index contributed by atoms with van der Waals surface area (Å²) < 4.78 is 3.14. The molecular weight excluding hydrogens is 478 g/mol. The molecular formula is C14H20ClN7O7S2. The van der Waals surface area contributed by atoms with E-state index in [1.54, 1.807) is 6.07 Å². The highest BCUT2D eigenvalue weighted by molar-refractivity contribution is 7.98. The topological polar surface area (TPSA) is 187 Å². The number of halogens is 1. The lowest BCUT2D eigenvalue weighted by molar-refractivity contribution is -0.758. The number of anilines is 1. The molecule has 0 saturated heterocycles. The molecule has 1 unspecified atom stereocenters. The Morgan fingerprint density at radius 3 is 2.52 bits per heavy atom. The van der Waals surface area contributed by atoms with Gasteiger partial charge in [0.1, 0.15) is 19.4 Å². The summed E-state index contributed by atoms with van der Waals surface area (Å²) in [4.78, 5) is 44.4. The number of carbonyl (C=O) groups is 1. The third-order valence-corrected chi connectivity index (χ3v) is 5.86. The molecule has 2 rings (SSSR count). The molecule has 0 aliphatic carbocycles. The quantitative estimate of drug-likeness (QED) is 0.167. The SMILES string of the molecule is NSc1cc2c(cc1Cl)NC(CNC(=O)CN(CCO[N+](=O)[O-])CCO[N+](=O)[O-])NS2. The standard InChI is InChI=1S/C14H20ClN7O7S2/c15-9-5-10-12(6-11(9)30-16)31-19-13(18-10)7-17-14(23)8-20(1-3-28-21(24)25)2-4-29-22(26)27/h5-6,13,18-19H,1-4,7-8,16H2,(H,17,23). The maximum atomic E-state index is 12.3. The Labute approximate surface area is 190 Å². The molecule has 0 radical (unpaired) electrons. The van der Waals surface area contributed by atoms with Crippen LogP contribution >= 0.6 is 35.5 Å². The number of carbonyl (C=O) groups excluding carboxylic acids is 1. The summed E-state index contributed by atoms with van der Waals surface area (Å²) in [7, 11) is 0. The second kappa shape index (κ2) is 12.6. The molecule has 1 aliphatic rings. The predicted octanol–water partition coefficient (Wildman–Crippen LogP) is 0.489. The van der Waals surface area contributed by atoms with Crippen LogP contribution in [0.25, 0.3) is 0 Å². The third kappa shape index (κ3) is 8.80. The van der Waals surface area contributed by atoms with Crippen LogP contribution in [0.3, 0.4) is 0 Å². The number of nitrogens with zero attached hydrogens (tertiary/aromatic N) is 3. The summed E-state index contributed by atoms with van der Waals surface area (Å²) in [6.07, 6.45) is -0.294. The number of benzene rings is 1. The molecule has 0 spiro atoms. The van der Waals surface area contributed by atoms with E-state index in [9.17, 15) is 25.0 Å². The molecule has 1 atom stereocenters. The van der Waals surface area contributed by atoms with Crippen molar-refractivity contribution < 1.29 is 24.6 Å². The molecule has 1 aliphatic heterocycles. The van der Waals surface area contributed by atoms with Crippen LogP contribution < -0.4 is 20.5 Å². The van der Waals surface area contributed by atoms with Crippen LogP contribution in [0.2, 0.25) is 5.02 Å². The van der Waals surface area contributed by atoms with Gasteiger partial charge in [-0.1, -0.05) is 11.6 Å². The summed E-state index contributed by atoms with van der Waals surface area (Å²) in [5.74, 6) is -0.380. The van der Waals surface area contributed by atoms with E-state index in [1.807, 2.05) is 6.07 Å². The van der Waals surface area contributed by atoms with Gasteiger partial charge >= 0.3 is 0 Å². The third-order valence-electron chi connectivity index (χ3n) is 3.88. The van der Waals surface area contributed by atoms with Gasteiger partial charge in [-0.25, -0.2) is 4.72 Å². The molecule has 14 nitrogen and oxygen atoms in total. The molecule has 1 amide bonds. The highest BCUT2D eigenvalue weighted by Gasteiger charge is 2.21. The number of rotatable bonds is 13. The summed E-state index contributed by atoms with van der Waals surface area (Å²) in [5.41, 5.74) is 0.793. The van der Waals surface area contributed by atoms with E-state index in [0.717, 1.165) is 27.4 Å². The number of amides is 1. The van der Waals surface area contributed by atoms with Crippen molar-refractivity contribution in [1.29, 1.82) is 0 Å². The molecule has 0 saturated carbocycles. The van der Waals surface area contributed by atoms with Gasteiger partial charge in [0, 0.05) is 22.9 Å². The zero-order valence-corrected chi connectivity index (χ0v) is 18.3. The first-order chi connectivity index (χ1) is 14.8. The van der Waals surface area contributed by atoms with Crippen molar-refractivity contribution in [2.24, 2.45) is 5.14 Å². The maximum Gasteiger partial charge on any atom is 0.294 e. The Kier molecular flexibility index (Phi) is 10.2. The summed E-state index contributed by atoms with van der Waals surface area (Å²) in [6.45, 7) is -0.483. The largest absolute Gasteiger partial charge is 0.367 e. The first-order valence-electron chi connectivity index (χ1n) is 8.71. The molecule has 0 aromatic heterocycles. The lowest BCUT2D eigenvalue weighted by atomic mass is 10.3. The number of nitrogens with two attached hydrogens (primary N) is 1. The molecule has 1 aromatic rings. The monoisotopic (exact) mass is 497 g/mol. The molecule has 5 N–H and O–H groups in total. The van der Waals surface area contributed by atoms with Crippen LogP contribution in [0.1, 0.15) is 0 Å². The smallest absolute Gasteiger partial charge is 0.294 e. The van der Waals surface area contributed by atoms with Crippen molar-refractivity contribution >= 4 is 47.1 Å². The van der Waals surface area contributed by atoms with Crippen molar-refractivity contribution in [3.8, 4) is 0 Å².